The van der Waals surface area contributed by atoms with Crippen LogP contribution in [-0.2, 0) is 28.5 Å². The van der Waals surface area contributed by atoms with E-state index in [4.69, 9.17) is 23.7 Å². The van der Waals surface area contributed by atoms with Crippen LogP contribution in [0.3, 0.4) is 0 Å². The van der Waals surface area contributed by atoms with Gasteiger partial charge in [0, 0.05) is 6.42 Å². The van der Waals surface area contributed by atoms with E-state index in [1.165, 1.54) is 7.11 Å². The van der Waals surface area contributed by atoms with E-state index >= 15 is 0 Å². The lowest BCUT2D eigenvalue weighted by molar-refractivity contribution is -0.155. The molecule has 0 radical (unpaired) electrons. The third kappa shape index (κ3) is 9.16. The lowest BCUT2D eigenvalue weighted by atomic mass is 10.1. The van der Waals surface area contributed by atoms with Gasteiger partial charge in [-0.2, -0.15) is 4.90 Å². The smallest absolute Gasteiger partial charge is 0.420 e. The SMILES string of the molecule is CCC1(C/C=C\CC[C@@H](C(=O)OC)N(C(=O)OC(C)(C)C)C(=O)OC(C)(C)C)OCCO1. The van der Waals surface area contributed by atoms with Gasteiger partial charge < -0.3 is 23.7 Å². The summed E-state index contributed by atoms with van der Waals surface area (Å²) < 4.78 is 27.0. The van der Waals surface area contributed by atoms with Crippen LogP contribution in [0.2, 0.25) is 0 Å². The maximum Gasteiger partial charge on any atom is 0.420 e. The number of carbonyl (C=O) groups is 3. The van der Waals surface area contributed by atoms with Crippen LogP contribution in [0.15, 0.2) is 12.2 Å². The van der Waals surface area contributed by atoms with E-state index in [0.29, 0.717) is 37.4 Å². The summed E-state index contributed by atoms with van der Waals surface area (Å²) in [6.07, 6.45) is 3.66. The molecule has 9 nitrogen and oxygen atoms in total. The Kier molecular flexibility index (Phi) is 10.2. The van der Waals surface area contributed by atoms with Crippen LogP contribution in [0.5, 0.6) is 0 Å². The Bertz CT molecular complexity index is 640. The van der Waals surface area contributed by atoms with Crippen molar-refractivity contribution in [2.75, 3.05) is 20.3 Å². The van der Waals surface area contributed by atoms with Crippen LogP contribution in [0, 0.1) is 0 Å². The molecule has 2 amide bonds. The zero-order chi connectivity index (χ0) is 24.6. The van der Waals surface area contributed by atoms with Crippen molar-refractivity contribution in [2.45, 2.75) is 97.2 Å². The first-order valence-electron chi connectivity index (χ1n) is 11.0. The van der Waals surface area contributed by atoms with Gasteiger partial charge >= 0.3 is 18.2 Å². The highest BCUT2D eigenvalue weighted by Gasteiger charge is 2.40. The topological polar surface area (TPSA) is 101 Å². The number of methoxy groups -OCH3 is 1. The lowest BCUT2D eigenvalue weighted by Gasteiger charge is -2.32. The molecule has 1 rings (SSSR count). The van der Waals surface area contributed by atoms with E-state index in [-0.39, 0.29) is 6.42 Å². The van der Waals surface area contributed by atoms with Crippen molar-refractivity contribution in [3.05, 3.63) is 12.2 Å². The predicted octanol–water partition coefficient (Wildman–Crippen LogP) is 4.58. The standard InChI is InChI=1S/C23H39NO8/c1-9-23(29-15-16-30-23)14-12-10-11-13-17(18(25)28-8)24(19(26)31-21(2,3)4)20(27)32-22(5,6)7/h10,12,17H,9,11,13-16H2,1-8H3/b12-10-/t17-/m0/s1. The monoisotopic (exact) mass is 457 g/mol. The lowest BCUT2D eigenvalue weighted by Crippen LogP contribution is -2.52. The number of allylic oxidation sites excluding steroid dienone is 1. The molecule has 1 aliphatic rings. The number of hydrogen-bond acceptors (Lipinski definition) is 8. The molecule has 0 aromatic rings. The number of amides is 2. The first kappa shape index (κ1) is 27.9. The molecule has 0 aliphatic carbocycles. The van der Waals surface area contributed by atoms with Gasteiger partial charge in [-0.25, -0.2) is 14.4 Å². The fourth-order valence-electron chi connectivity index (χ4n) is 3.04. The average Bonchev–Trinajstić information content (AvgIpc) is 3.12. The minimum absolute atomic E-state index is 0.141. The van der Waals surface area contributed by atoms with Crippen molar-refractivity contribution < 1.29 is 38.1 Å². The Morgan fingerprint density at radius 2 is 1.47 bits per heavy atom. The van der Waals surface area contributed by atoms with Gasteiger partial charge in [-0.3, -0.25) is 0 Å². The van der Waals surface area contributed by atoms with E-state index in [0.717, 1.165) is 0 Å². The summed E-state index contributed by atoms with van der Waals surface area (Å²) >= 11 is 0. The van der Waals surface area contributed by atoms with Crippen molar-refractivity contribution in [3.8, 4) is 0 Å². The first-order valence-corrected chi connectivity index (χ1v) is 11.0. The van der Waals surface area contributed by atoms with Gasteiger partial charge in [0.05, 0.1) is 20.3 Å². The Hall–Kier alpha value is -2.13. The fourth-order valence-corrected chi connectivity index (χ4v) is 3.04. The summed E-state index contributed by atoms with van der Waals surface area (Å²) in [5, 5.41) is 0. The summed E-state index contributed by atoms with van der Waals surface area (Å²) in [5.41, 5.74) is -1.73. The second-order valence-electron chi connectivity index (χ2n) is 9.58. The summed E-state index contributed by atoms with van der Waals surface area (Å²) in [6.45, 7) is 13.1. The molecular formula is C23H39NO8. The minimum atomic E-state index is -1.20. The number of hydrogen-bond donors (Lipinski definition) is 0. The van der Waals surface area contributed by atoms with Gasteiger partial charge in [-0.15, -0.1) is 0 Å². The second-order valence-corrected chi connectivity index (χ2v) is 9.58. The van der Waals surface area contributed by atoms with Gasteiger partial charge in [0.1, 0.15) is 17.2 Å². The van der Waals surface area contributed by atoms with Gasteiger partial charge in [0.25, 0.3) is 0 Å². The van der Waals surface area contributed by atoms with E-state index in [1.807, 2.05) is 19.1 Å². The molecule has 0 N–H and O–H groups in total. The van der Waals surface area contributed by atoms with Crippen LogP contribution in [-0.4, -0.2) is 66.4 Å². The molecule has 0 aromatic carbocycles. The molecule has 1 saturated heterocycles. The molecule has 0 aromatic heterocycles. The van der Waals surface area contributed by atoms with Crippen LogP contribution in [0.4, 0.5) is 9.59 Å². The molecule has 184 valence electrons. The second kappa shape index (κ2) is 11.7. The third-order valence-corrected chi connectivity index (χ3v) is 4.52. The zero-order valence-corrected chi connectivity index (χ0v) is 20.7. The van der Waals surface area contributed by atoms with Crippen molar-refractivity contribution in [2.24, 2.45) is 0 Å². The van der Waals surface area contributed by atoms with Crippen molar-refractivity contribution in [3.63, 3.8) is 0 Å². The number of rotatable bonds is 8. The largest absolute Gasteiger partial charge is 0.467 e. The highest BCUT2D eigenvalue weighted by molar-refractivity contribution is 5.94. The number of esters is 1. The number of ether oxygens (including phenoxy) is 5. The van der Waals surface area contributed by atoms with E-state index < -0.39 is 41.2 Å². The van der Waals surface area contributed by atoms with E-state index in [2.05, 4.69) is 0 Å². The highest BCUT2D eigenvalue weighted by Crippen LogP contribution is 2.27. The normalized spacial score (nSPS) is 17.1. The van der Waals surface area contributed by atoms with Crippen LogP contribution >= 0.6 is 0 Å². The van der Waals surface area contributed by atoms with Gasteiger partial charge in [0.2, 0.25) is 0 Å². The van der Waals surface area contributed by atoms with Crippen molar-refractivity contribution in [1.82, 2.24) is 4.90 Å². The number of nitrogens with zero attached hydrogens (tertiary/aromatic N) is 1. The third-order valence-electron chi connectivity index (χ3n) is 4.52. The summed E-state index contributed by atoms with van der Waals surface area (Å²) in [7, 11) is 1.20. The first-order chi connectivity index (χ1) is 14.7. The van der Waals surface area contributed by atoms with Crippen LogP contribution in [0.25, 0.3) is 0 Å². The molecule has 0 saturated carbocycles. The minimum Gasteiger partial charge on any atom is -0.467 e. The number of carbonyl (C=O) groups excluding carboxylic acids is 3. The fraction of sp³-hybridized carbons (Fsp3) is 0.783. The van der Waals surface area contributed by atoms with Gasteiger partial charge in [0.15, 0.2) is 5.79 Å². The summed E-state index contributed by atoms with van der Waals surface area (Å²) in [5.74, 6) is -1.35. The van der Waals surface area contributed by atoms with Gasteiger partial charge in [-0.1, -0.05) is 19.1 Å². The molecule has 0 bridgehead atoms. The molecule has 1 heterocycles. The molecule has 1 aliphatic heterocycles. The molecule has 0 unspecified atom stereocenters. The van der Waals surface area contributed by atoms with Crippen molar-refractivity contribution >= 4 is 18.2 Å². The Balaban J connectivity index is 2.99. The Morgan fingerprint density at radius 1 is 0.969 bits per heavy atom. The molecule has 1 fully saturated rings. The maximum atomic E-state index is 12.8. The van der Waals surface area contributed by atoms with E-state index in [9.17, 15) is 14.4 Å². The highest BCUT2D eigenvalue weighted by atomic mass is 16.7. The summed E-state index contributed by atoms with van der Waals surface area (Å²) in [6, 6.07) is -1.20. The maximum absolute atomic E-state index is 12.8. The van der Waals surface area contributed by atoms with E-state index in [1.54, 1.807) is 41.5 Å². The zero-order valence-electron chi connectivity index (χ0n) is 20.7. The number of imide groups is 1. The quantitative estimate of drug-likeness (QED) is 0.297. The Labute approximate surface area is 191 Å². The molecule has 0 spiro atoms. The predicted molar refractivity (Wildman–Crippen MR) is 118 cm³/mol. The molecule has 32 heavy (non-hydrogen) atoms. The summed E-state index contributed by atoms with van der Waals surface area (Å²) in [4.78, 5) is 38.9. The van der Waals surface area contributed by atoms with Crippen LogP contribution < -0.4 is 0 Å². The van der Waals surface area contributed by atoms with Gasteiger partial charge in [-0.05, 0) is 60.8 Å². The average molecular weight is 458 g/mol. The Morgan fingerprint density at radius 3 is 1.88 bits per heavy atom. The molecular weight excluding hydrogens is 418 g/mol. The molecule has 9 heteroatoms. The molecule has 1 atom stereocenters. The van der Waals surface area contributed by atoms with Crippen molar-refractivity contribution in [1.29, 1.82) is 0 Å². The van der Waals surface area contributed by atoms with Crippen LogP contribution in [0.1, 0.15) is 74.1 Å².